The number of furan rings is 1. The van der Waals surface area contributed by atoms with E-state index < -0.39 is 0 Å². The van der Waals surface area contributed by atoms with Gasteiger partial charge in [0.1, 0.15) is 5.76 Å². The highest BCUT2D eigenvalue weighted by Crippen LogP contribution is 2.25. The molecule has 0 radical (unpaired) electrons. The van der Waals surface area contributed by atoms with E-state index in [2.05, 4.69) is 44.7 Å². The third-order valence-corrected chi connectivity index (χ3v) is 4.28. The second kappa shape index (κ2) is 7.56. The van der Waals surface area contributed by atoms with Crippen molar-refractivity contribution in [2.75, 3.05) is 59.9 Å². The summed E-state index contributed by atoms with van der Waals surface area (Å²) in [6, 6.07) is 4.14. The third-order valence-electron chi connectivity index (χ3n) is 3.86. The number of likely N-dealkylation sites (N-methyl/N-ethyl adjacent to an activating group) is 1. The molecular weight excluding hydrogens is 320 g/mol. The van der Waals surface area contributed by atoms with Crippen LogP contribution in [0.25, 0.3) is 0 Å². The molecule has 5 nitrogen and oxygen atoms in total. The van der Waals surface area contributed by atoms with E-state index in [0.29, 0.717) is 6.54 Å². The van der Waals surface area contributed by atoms with Gasteiger partial charge in [-0.2, -0.15) is 0 Å². The molecule has 1 aromatic heterocycles. The fraction of sp³-hybridized carbons (Fsp3) is 0.714. The molecule has 1 aliphatic rings. The van der Waals surface area contributed by atoms with Crippen LogP contribution in [0.15, 0.2) is 21.2 Å². The highest BCUT2D eigenvalue weighted by Gasteiger charge is 2.26. The normalized spacial score (nSPS) is 19.6. The van der Waals surface area contributed by atoms with Gasteiger partial charge in [0, 0.05) is 45.8 Å². The Balaban J connectivity index is 1.85. The topological polar surface area (TPSA) is 48.9 Å². The SMILES string of the molecule is CN(C)CCN1CCN(C(CN)c2ccc(Br)o2)CC1. The third kappa shape index (κ3) is 4.30. The van der Waals surface area contributed by atoms with Crippen molar-refractivity contribution in [2.24, 2.45) is 5.73 Å². The van der Waals surface area contributed by atoms with Crippen molar-refractivity contribution in [1.82, 2.24) is 14.7 Å². The van der Waals surface area contributed by atoms with E-state index in [4.69, 9.17) is 10.2 Å². The molecule has 1 saturated heterocycles. The quantitative estimate of drug-likeness (QED) is 0.840. The monoisotopic (exact) mass is 344 g/mol. The Morgan fingerprint density at radius 2 is 2.00 bits per heavy atom. The lowest BCUT2D eigenvalue weighted by Gasteiger charge is -2.38. The number of nitrogens with zero attached hydrogens (tertiary/aromatic N) is 3. The maximum absolute atomic E-state index is 5.94. The van der Waals surface area contributed by atoms with Crippen molar-refractivity contribution >= 4 is 15.9 Å². The summed E-state index contributed by atoms with van der Waals surface area (Å²) in [5.74, 6) is 0.959. The molecule has 0 bridgehead atoms. The van der Waals surface area contributed by atoms with Gasteiger partial charge in [-0.3, -0.25) is 9.80 Å². The predicted octanol–water partition coefficient (Wildman–Crippen LogP) is 1.22. The van der Waals surface area contributed by atoms with E-state index in [-0.39, 0.29) is 6.04 Å². The van der Waals surface area contributed by atoms with Crippen LogP contribution in [-0.4, -0.2) is 74.6 Å². The van der Waals surface area contributed by atoms with E-state index in [1.54, 1.807) is 0 Å². The highest BCUT2D eigenvalue weighted by atomic mass is 79.9. The van der Waals surface area contributed by atoms with Gasteiger partial charge in [0.2, 0.25) is 0 Å². The largest absolute Gasteiger partial charge is 0.453 e. The first-order valence-corrected chi connectivity index (χ1v) is 7.96. The van der Waals surface area contributed by atoms with Crippen LogP contribution in [0.1, 0.15) is 11.8 Å². The Bertz CT molecular complexity index is 402. The molecule has 0 spiro atoms. The molecule has 2 N–H and O–H groups in total. The average Bonchev–Trinajstić information content (AvgIpc) is 2.85. The van der Waals surface area contributed by atoms with Crippen LogP contribution >= 0.6 is 15.9 Å². The Labute approximate surface area is 129 Å². The van der Waals surface area contributed by atoms with Crippen LogP contribution in [0.3, 0.4) is 0 Å². The number of rotatable bonds is 6. The van der Waals surface area contributed by atoms with Crippen molar-refractivity contribution in [2.45, 2.75) is 6.04 Å². The van der Waals surface area contributed by atoms with Gasteiger partial charge < -0.3 is 15.1 Å². The molecule has 0 aromatic carbocycles. The molecular formula is C14H25BrN4O. The standard InChI is InChI=1S/C14H25BrN4O/c1-17(2)5-6-18-7-9-19(10-8-18)12(11-16)13-3-4-14(15)20-13/h3-4,12H,5-11,16H2,1-2H3. The maximum Gasteiger partial charge on any atom is 0.169 e. The summed E-state index contributed by atoms with van der Waals surface area (Å²) >= 11 is 3.36. The Kier molecular flexibility index (Phi) is 6.04. The lowest BCUT2D eigenvalue weighted by Crippen LogP contribution is -2.50. The van der Waals surface area contributed by atoms with Gasteiger partial charge in [0.15, 0.2) is 4.67 Å². The molecule has 1 atom stereocenters. The zero-order valence-corrected chi connectivity index (χ0v) is 14.0. The summed E-state index contributed by atoms with van der Waals surface area (Å²) < 4.78 is 6.44. The summed E-state index contributed by atoms with van der Waals surface area (Å²) in [6.45, 7) is 7.16. The summed E-state index contributed by atoms with van der Waals surface area (Å²) in [4.78, 5) is 7.18. The molecule has 1 aliphatic heterocycles. The second-order valence-corrected chi connectivity index (χ2v) is 6.36. The minimum absolute atomic E-state index is 0.192. The molecule has 2 rings (SSSR count). The van der Waals surface area contributed by atoms with Crippen molar-refractivity contribution < 1.29 is 4.42 Å². The van der Waals surface area contributed by atoms with Gasteiger partial charge in [0.25, 0.3) is 0 Å². The lowest BCUT2D eigenvalue weighted by molar-refractivity contribution is 0.0853. The molecule has 6 heteroatoms. The summed E-state index contributed by atoms with van der Waals surface area (Å²) in [7, 11) is 4.24. The first kappa shape index (κ1) is 16.0. The van der Waals surface area contributed by atoms with Gasteiger partial charge in [-0.05, 0) is 42.2 Å². The van der Waals surface area contributed by atoms with Crippen molar-refractivity contribution in [1.29, 1.82) is 0 Å². The molecule has 20 heavy (non-hydrogen) atoms. The zero-order valence-electron chi connectivity index (χ0n) is 12.4. The van der Waals surface area contributed by atoms with E-state index >= 15 is 0 Å². The number of nitrogens with two attached hydrogens (primary N) is 1. The Hall–Kier alpha value is -0.400. The minimum atomic E-state index is 0.192. The van der Waals surface area contributed by atoms with Crippen LogP contribution < -0.4 is 5.73 Å². The molecule has 0 saturated carbocycles. The first-order chi connectivity index (χ1) is 9.60. The van der Waals surface area contributed by atoms with Gasteiger partial charge in [-0.1, -0.05) is 0 Å². The predicted molar refractivity (Wildman–Crippen MR) is 84.8 cm³/mol. The number of hydrogen-bond donors (Lipinski definition) is 1. The zero-order chi connectivity index (χ0) is 14.5. The average molecular weight is 345 g/mol. The molecule has 1 unspecified atom stereocenters. The van der Waals surface area contributed by atoms with E-state index in [9.17, 15) is 0 Å². The van der Waals surface area contributed by atoms with Crippen LogP contribution in [0.5, 0.6) is 0 Å². The smallest absolute Gasteiger partial charge is 0.169 e. The minimum Gasteiger partial charge on any atom is -0.453 e. The molecule has 1 fully saturated rings. The number of piperazine rings is 1. The van der Waals surface area contributed by atoms with Gasteiger partial charge in [-0.15, -0.1) is 0 Å². The summed E-state index contributed by atoms with van der Waals surface area (Å²) in [5, 5.41) is 0. The fourth-order valence-electron chi connectivity index (χ4n) is 2.59. The van der Waals surface area contributed by atoms with Crippen molar-refractivity contribution in [3.63, 3.8) is 0 Å². The Morgan fingerprint density at radius 1 is 1.30 bits per heavy atom. The molecule has 114 valence electrons. The van der Waals surface area contributed by atoms with Gasteiger partial charge >= 0.3 is 0 Å². The second-order valence-electron chi connectivity index (χ2n) is 5.57. The first-order valence-electron chi connectivity index (χ1n) is 7.16. The van der Waals surface area contributed by atoms with Crippen molar-refractivity contribution in [3.8, 4) is 0 Å². The number of halogens is 1. The van der Waals surface area contributed by atoms with Gasteiger partial charge in [-0.25, -0.2) is 0 Å². The number of hydrogen-bond acceptors (Lipinski definition) is 5. The molecule has 2 heterocycles. The van der Waals surface area contributed by atoms with E-state index in [1.165, 1.54) is 0 Å². The lowest BCUT2D eigenvalue weighted by atomic mass is 10.1. The molecule has 0 amide bonds. The fourth-order valence-corrected chi connectivity index (χ4v) is 2.91. The van der Waals surface area contributed by atoms with E-state index in [0.717, 1.165) is 49.7 Å². The van der Waals surface area contributed by atoms with E-state index in [1.807, 2.05) is 12.1 Å². The van der Waals surface area contributed by atoms with Crippen LogP contribution in [0.2, 0.25) is 0 Å². The van der Waals surface area contributed by atoms with Crippen molar-refractivity contribution in [3.05, 3.63) is 22.6 Å². The van der Waals surface area contributed by atoms with Gasteiger partial charge in [0.05, 0.1) is 6.04 Å². The highest BCUT2D eigenvalue weighted by molar-refractivity contribution is 9.10. The summed E-state index contributed by atoms with van der Waals surface area (Å²) in [5.41, 5.74) is 5.94. The molecule has 0 aliphatic carbocycles. The van der Waals surface area contributed by atoms with Crippen LogP contribution in [0, 0.1) is 0 Å². The molecule has 1 aromatic rings. The van der Waals surface area contributed by atoms with Crippen LogP contribution in [-0.2, 0) is 0 Å². The maximum atomic E-state index is 5.94. The Morgan fingerprint density at radius 3 is 2.50 bits per heavy atom. The van der Waals surface area contributed by atoms with Crippen LogP contribution in [0.4, 0.5) is 0 Å². The summed E-state index contributed by atoms with van der Waals surface area (Å²) in [6.07, 6.45) is 0.